The highest BCUT2D eigenvalue weighted by Crippen LogP contribution is 2.37. The van der Waals surface area contributed by atoms with Gasteiger partial charge >= 0.3 is 0 Å². The van der Waals surface area contributed by atoms with Gasteiger partial charge in [0.25, 0.3) is 5.91 Å². The van der Waals surface area contributed by atoms with Gasteiger partial charge in [0.1, 0.15) is 0 Å². The number of aromatic nitrogens is 1. The van der Waals surface area contributed by atoms with Crippen LogP contribution in [0.2, 0.25) is 0 Å². The SMILES string of the molecule is C=C/C=C\c1c(-c2ccc(C(N)=O)c(NC3CCCCC3)c2)c(CCCC)n(C)c1C. The number of rotatable bonds is 9. The Kier molecular flexibility index (Phi) is 7.78. The number of nitrogens with two attached hydrogens (primary N) is 1. The molecule has 3 N–H and O–H groups in total. The number of nitrogens with zero attached hydrogens (tertiary/aromatic N) is 1. The Hall–Kier alpha value is -2.75. The highest BCUT2D eigenvalue weighted by atomic mass is 16.1. The number of unbranched alkanes of at least 4 members (excludes halogenated alkanes) is 1. The average molecular weight is 420 g/mol. The van der Waals surface area contributed by atoms with Crippen molar-refractivity contribution in [2.24, 2.45) is 12.8 Å². The highest BCUT2D eigenvalue weighted by molar-refractivity contribution is 6.00. The first-order valence-electron chi connectivity index (χ1n) is 11.7. The van der Waals surface area contributed by atoms with E-state index < -0.39 is 0 Å². The molecule has 1 aliphatic rings. The Morgan fingerprint density at radius 3 is 2.68 bits per heavy atom. The lowest BCUT2D eigenvalue weighted by Gasteiger charge is -2.25. The van der Waals surface area contributed by atoms with Crippen molar-refractivity contribution < 1.29 is 4.79 Å². The largest absolute Gasteiger partial charge is 0.382 e. The minimum atomic E-state index is -0.382. The number of anilines is 1. The van der Waals surface area contributed by atoms with E-state index in [1.165, 1.54) is 41.8 Å². The molecule has 0 saturated heterocycles. The van der Waals surface area contributed by atoms with Crippen LogP contribution in [0.5, 0.6) is 0 Å². The summed E-state index contributed by atoms with van der Waals surface area (Å²) in [6, 6.07) is 6.46. The summed E-state index contributed by atoms with van der Waals surface area (Å²) in [6.45, 7) is 8.23. The van der Waals surface area contributed by atoms with Crippen molar-refractivity contribution in [2.45, 2.75) is 71.3 Å². The van der Waals surface area contributed by atoms with Crippen molar-refractivity contribution in [1.29, 1.82) is 0 Å². The Morgan fingerprint density at radius 2 is 2.03 bits per heavy atom. The molecule has 166 valence electrons. The van der Waals surface area contributed by atoms with Gasteiger partial charge in [-0.3, -0.25) is 4.79 Å². The molecule has 1 heterocycles. The zero-order valence-electron chi connectivity index (χ0n) is 19.3. The van der Waals surface area contributed by atoms with Crippen LogP contribution < -0.4 is 11.1 Å². The summed E-state index contributed by atoms with van der Waals surface area (Å²) in [5, 5.41) is 3.65. The van der Waals surface area contributed by atoms with Crippen LogP contribution in [0.4, 0.5) is 5.69 Å². The van der Waals surface area contributed by atoms with Crippen LogP contribution in [0.1, 0.15) is 79.2 Å². The number of amides is 1. The van der Waals surface area contributed by atoms with Gasteiger partial charge < -0.3 is 15.6 Å². The van der Waals surface area contributed by atoms with E-state index in [2.05, 4.69) is 49.5 Å². The number of hydrogen-bond donors (Lipinski definition) is 2. The fraction of sp³-hybridized carbons (Fsp3) is 0.444. The molecule has 4 heteroatoms. The zero-order chi connectivity index (χ0) is 22.4. The van der Waals surface area contributed by atoms with E-state index in [9.17, 15) is 4.79 Å². The van der Waals surface area contributed by atoms with Gasteiger partial charge in [-0.2, -0.15) is 0 Å². The lowest BCUT2D eigenvalue weighted by molar-refractivity contribution is 0.100. The second-order valence-electron chi connectivity index (χ2n) is 8.68. The number of allylic oxidation sites excluding steroid dienone is 2. The van der Waals surface area contributed by atoms with E-state index >= 15 is 0 Å². The summed E-state index contributed by atoms with van der Waals surface area (Å²) in [6.07, 6.45) is 15.3. The number of nitrogens with one attached hydrogen (secondary N) is 1. The van der Waals surface area contributed by atoms with Gasteiger partial charge in [-0.1, -0.05) is 63.5 Å². The number of primary amides is 1. The van der Waals surface area contributed by atoms with Gasteiger partial charge in [0, 0.05) is 41.3 Å². The molecule has 1 fully saturated rings. The van der Waals surface area contributed by atoms with Gasteiger partial charge in [0.15, 0.2) is 0 Å². The molecule has 1 aliphatic carbocycles. The standard InChI is InChI=1S/C27H37N3O/c1-5-7-14-22-19(3)30(4)25(15-8-6-2)26(22)20-16-17-23(27(28)31)24(18-20)29-21-12-10-9-11-13-21/h5,7,14,16-18,21,29H,1,6,8-13,15H2,2-4H3,(H2,28,31)/b14-7-. The molecule has 31 heavy (non-hydrogen) atoms. The normalized spacial score (nSPS) is 14.8. The minimum Gasteiger partial charge on any atom is -0.382 e. The molecule has 1 amide bonds. The predicted molar refractivity (Wildman–Crippen MR) is 132 cm³/mol. The topological polar surface area (TPSA) is 60.1 Å². The van der Waals surface area contributed by atoms with E-state index in [4.69, 9.17) is 5.73 Å². The van der Waals surface area contributed by atoms with Crippen LogP contribution >= 0.6 is 0 Å². The minimum absolute atomic E-state index is 0.382. The van der Waals surface area contributed by atoms with E-state index in [0.29, 0.717) is 11.6 Å². The van der Waals surface area contributed by atoms with E-state index in [0.717, 1.165) is 43.4 Å². The molecule has 0 bridgehead atoms. The maximum absolute atomic E-state index is 12.1. The third-order valence-corrected chi connectivity index (χ3v) is 6.56. The second kappa shape index (κ2) is 10.5. The van der Waals surface area contributed by atoms with Gasteiger partial charge in [0.2, 0.25) is 0 Å². The number of carbonyl (C=O) groups excluding carboxylic acids is 1. The summed E-state index contributed by atoms with van der Waals surface area (Å²) >= 11 is 0. The van der Waals surface area contributed by atoms with Crippen LogP contribution in [0, 0.1) is 6.92 Å². The fourth-order valence-corrected chi connectivity index (χ4v) is 4.72. The van der Waals surface area contributed by atoms with Gasteiger partial charge in [-0.05, 0) is 50.3 Å². The lowest BCUT2D eigenvalue weighted by Crippen LogP contribution is -2.24. The summed E-state index contributed by atoms with van der Waals surface area (Å²) < 4.78 is 2.31. The van der Waals surface area contributed by atoms with Crippen molar-refractivity contribution in [3.63, 3.8) is 0 Å². The average Bonchev–Trinajstić information content (AvgIpc) is 3.01. The van der Waals surface area contributed by atoms with Crippen LogP contribution in [0.25, 0.3) is 17.2 Å². The first-order chi connectivity index (χ1) is 15.0. The first-order valence-corrected chi connectivity index (χ1v) is 11.7. The maximum atomic E-state index is 12.1. The smallest absolute Gasteiger partial charge is 0.250 e. The molecule has 0 spiro atoms. The summed E-state index contributed by atoms with van der Waals surface area (Å²) in [4.78, 5) is 12.1. The van der Waals surface area contributed by atoms with Gasteiger partial charge in [-0.15, -0.1) is 0 Å². The van der Waals surface area contributed by atoms with E-state index in [-0.39, 0.29) is 5.91 Å². The number of carbonyl (C=O) groups is 1. The number of hydrogen-bond acceptors (Lipinski definition) is 2. The molecule has 0 unspecified atom stereocenters. The van der Waals surface area contributed by atoms with Crippen molar-refractivity contribution in [3.05, 3.63) is 59.4 Å². The van der Waals surface area contributed by atoms with E-state index in [1.54, 1.807) is 0 Å². The van der Waals surface area contributed by atoms with Crippen LogP contribution in [-0.4, -0.2) is 16.5 Å². The third kappa shape index (κ3) is 5.12. The lowest BCUT2D eigenvalue weighted by atomic mass is 9.93. The van der Waals surface area contributed by atoms with E-state index in [1.807, 2.05) is 24.3 Å². The quantitative estimate of drug-likeness (QED) is 0.463. The van der Waals surface area contributed by atoms with Gasteiger partial charge in [0.05, 0.1) is 5.56 Å². The monoisotopic (exact) mass is 419 g/mol. The fourth-order valence-electron chi connectivity index (χ4n) is 4.72. The molecule has 1 saturated carbocycles. The molecular weight excluding hydrogens is 382 g/mol. The van der Waals surface area contributed by atoms with Crippen molar-refractivity contribution >= 4 is 17.7 Å². The summed E-state index contributed by atoms with van der Waals surface area (Å²) in [5.41, 5.74) is 13.3. The summed E-state index contributed by atoms with van der Waals surface area (Å²) in [7, 11) is 2.15. The predicted octanol–water partition coefficient (Wildman–Crippen LogP) is 6.39. The molecular formula is C27H37N3O. The Morgan fingerprint density at radius 1 is 1.29 bits per heavy atom. The summed E-state index contributed by atoms with van der Waals surface area (Å²) in [5.74, 6) is -0.382. The van der Waals surface area contributed by atoms with Crippen molar-refractivity contribution in [2.75, 3.05) is 5.32 Å². The highest BCUT2D eigenvalue weighted by Gasteiger charge is 2.21. The van der Waals surface area contributed by atoms with Crippen LogP contribution in [0.3, 0.4) is 0 Å². The molecule has 3 rings (SSSR count). The second-order valence-corrected chi connectivity index (χ2v) is 8.68. The molecule has 4 nitrogen and oxygen atoms in total. The molecule has 0 atom stereocenters. The van der Waals surface area contributed by atoms with Crippen molar-refractivity contribution in [1.82, 2.24) is 4.57 Å². The first kappa shape index (κ1) is 22.9. The van der Waals surface area contributed by atoms with Crippen molar-refractivity contribution in [3.8, 4) is 11.1 Å². The number of benzene rings is 1. The zero-order valence-corrected chi connectivity index (χ0v) is 19.3. The Bertz CT molecular complexity index is 961. The van der Waals surface area contributed by atoms with Crippen LogP contribution in [-0.2, 0) is 13.5 Å². The van der Waals surface area contributed by atoms with Gasteiger partial charge in [-0.25, -0.2) is 0 Å². The Labute approximate surface area is 187 Å². The Balaban J connectivity index is 2.13. The maximum Gasteiger partial charge on any atom is 0.250 e. The molecule has 1 aromatic heterocycles. The molecule has 0 aliphatic heterocycles. The molecule has 0 radical (unpaired) electrons. The van der Waals surface area contributed by atoms with Crippen LogP contribution in [0.15, 0.2) is 36.9 Å². The third-order valence-electron chi connectivity index (χ3n) is 6.56. The molecule has 2 aromatic rings. The molecule has 1 aromatic carbocycles.